The molecule has 220 valence electrons. The number of aliphatic carboxylic acids is 2. The van der Waals surface area contributed by atoms with Crippen LogP contribution in [0.25, 0.3) is 0 Å². The Labute approximate surface area is 226 Å². The highest BCUT2D eigenvalue weighted by Gasteiger charge is 2.38. The van der Waals surface area contributed by atoms with Crippen molar-refractivity contribution in [3.05, 3.63) is 0 Å². The molecule has 2 saturated heterocycles. The van der Waals surface area contributed by atoms with E-state index < -0.39 is 53.8 Å². The summed E-state index contributed by atoms with van der Waals surface area (Å²) in [7, 11) is 0. The number of carbonyl (C=O) groups excluding carboxylic acids is 4. The zero-order valence-corrected chi connectivity index (χ0v) is 22.3. The van der Waals surface area contributed by atoms with E-state index in [9.17, 15) is 29.1 Å². The number of guanidine groups is 1. The molecule has 2 heterocycles. The zero-order valence-electron chi connectivity index (χ0n) is 22.3. The van der Waals surface area contributed by atoms with Crippen LogP contribution in [0, 0.1) is 0 Å². The minimum Gasteiger partial charge on any atom is -0.481 e. The Morgan fingerprint density at radius 1 is 0.974 bits per heavy atom. The summed E-state index contributed by atoms with van der Waals surface area (Å²) in [6.07, 6.45) is 2.55. The maximum absolute atomic E-state index is 12.8. The van der Waals surface area contributed by atoms with Crippen LogP contribution >= 0.6 is 0 Å². The van der Waals surface area contributed by atoms with Crippen molar-refractivity contribution in [3.8, 4) is 0 Å². The lowest BCUT2D eigenvalue weighted by Crippen LogP contribution is -2.54. The molecule has 16 heteroatoms. The largest absolute Gasteiger partial charge is 0.481 e. The quantitative estimate of drug-likeness (QED) is 0.0773. The summed E-state index contributed by atoms with van der Waals surface area (Å²) in [6, 6.07) is -3.39. The summed E-state index contributed by atoms with van der Waals surface area (Å²) in [4.78, 5) is 77.5. The first kappa shape index (κ1) is 33.1. The summed E-state index contributed by atoms with van der Waals surface area (Å²) >= 11 is 0. The molecule has 0 aromatic rings. The van der Waals surface area contributed by atoms with Crippen molar-refractivity contribution in [2.75, 3.05) is 26.2 Å². The fraction of sp³-hybridized carbons (Fsp3) is 0.696. The van der Waals surface area contributed by atoms with E-state index in [4.69, 9.17) is 27.1 Å². The summed E-state index contributed by atoms with van der Waals surface area (Å²) in [5, 5.41) is 21.9. The van der Waals surface area contributed by atoms with E-state index in [-0.39, 0.29) is 31.4 Å². The number of rotatable bonds is 11. The number of amides is 4. The fourth-order valence-corrected chi connectivity index (χ4v) is 4.31. The molecule has 16 nitrogen and oxygen atoms in total. The molecule has 4 atom stereocenters. The second kappa shape index (κ2) is 16.1. The topological polar surface area (TPSA) is 264 Å². The predicted octanol–water partition coefficient (Wildman–Crippen LogP) is -2.85. The Balaban J connectivity index is 0.00000177. The highest BCUT2D eigenvalue weighted by molar-refractivity contribution is 5.94. The fourth-order valence-electron chi connectivity index (χ4n) is 4.31. The minimum atomic E-state index is -1.20. The Morgan fingerprint density at radius 3 is 2.03 bits per heavy atom. The third kappa shape index (κ3) is 11.1. The van der Waals surface area contributed by atoms with Gasteiger partial charge in [-0.1, -0.05) is 0 Å². The molecule has 0 unspecified atom stereocenters. The van der Waals surface area contributed by atoms with Crippen LogP contribution in [0.15, 0.2) is 4.99 Å². The number of likely N-dealkylation sites (tertiary alicyclic amines) is 2. The summed E-state index contributed by atoms with van der Waals surface area (Å²) in [6.45, 7) is 3.27. The Hall–Kier alpha value is -3.95. The molecular formula is C23H40N8O8. The number of carboxylic acid groups (broad SMARTS) is 2. The third-order valence-electron chi connectivity index (χ3n) is 6.08. The second-order valence-electron chi connectivity index (χ2n) is 9.31. The van der Waals surface area contributed by atoms with Crippen molar-refractivity contribution < 1.29 is 39.0 Å². The number of nitrogens with two attached hydrogens (primary N) is 3. The molecule has 10 N–H and O–H groups in total. The number of nitrogens with zero attached hydrogens (tertiary/aromatic N) is 3. The molecule has 2 aliphatic heterocycles. The molecule has 0 bridgehead atoms. The number of aliphatic imine (C=N–C) groups is 1. The van der Waals surface area contributed by atoms with Crippen molar-refractivity contribution in [1.29, 1.82) is 0 Å². The monoisotopic (exact) mass is 556 g/mol. The molecular weight excluding hydrogens is 516 g/mol. The summed E-state index contributed by atoms with van der Waals surface area (Å²) in [5.74, 6) is -3.93. The van der Waals surface area contributed by atoms with Crippen LogP contribution in [-0.2, 0) is 28.8 Å². The smallest absolute Gasteiger partial charge is 0.326 e. The van der Waals surface area contributed by atoms with Gasteiger partial charge in [0.15, 0.2) is 5.96 Å². The highest BCUT2D eigenvalue weighted by atomic mass is 16.4. The molecule has 0 aliphatic carbocycles. The molecule has 0 aromatic heterocycles. The standard InChI is InChI=1S/C21H36N8O6.C2H4O2/c1-12(22)19(33)29-10-4-6-14(29)17(31)26-11-16(30)28-9-3-7-15(28)18(32)27-13(20(34)35)5-2-8-25-21(23)24;1-2(3)4/h12-15H,2-11,22H2,1H3,(H,26,31)(H,27,32)(H,34,35)(H4,23,24,25);1H3,(H,3,4)/t12-,13-,14-,15-;/m0./s1. The molecule has 0 saturated carbocycles. The molecule has 2 rings (SSSR count). The van der Waals surface area contributed by atoms with Gasteiger partial charge in [-0.3, -0.25) is 29.0 Å². The number of hydrogen-bond donors (Lipinski definition) is 7. The maximum atomic E-state index is 12.8. The number of hydrogen-bond acceptors (Lipinski definition) is 8. The summed E-state index contributed by atoms with van der Waals surface area (Å²) < 4.78 is 0. The van der Waals surface area contributed by atoms with Crippen LogP contribution in [0.5, 0.6) is 0 Å². The maximum Gasteiger partial charge on any atom is 0.326 e. The summed E-state index contributed by atoms with van der Waals surface area (Å²) in [5.41, 5.74) is 16.1. The average Bonchev–Trinajstić information content (AvgIpc) is 3.53. The van der Waals surface area contributed by atoms with E-state index in [0.717, 1.165) is 6.92 Å². The van der Waals surface area contributed by atoms with Crippen LogP contribution in [-0.4, -0.2) is 112 Å². The Kier molecular flexibility index (Phi) is 13.7. The minimum absolute atomic E-state index is 0.103. The van der Waals surface area contributed by atoms with Gasteiger partial charge in [-0.05, 0) is 45.4 Å². The Bertz CT molecular complexity index is 933. The SMILES string of the molecule is CC(=O)O.C[C@H](N)C(=O)N1CCC[C@H]1C(=O)NCC(=O)N1CCC[C@H]1C(=O)N[C@@H](CCCN=C(N)N)C(=O)O. The average molecular weight is 557 g/mol. The van der Waals surface area contributed by atoms with Crippen molar-refractivity contribution in [1.82, 2.24) is 20.4 Å². The second-order valence-corrected chi connectivity index (χ2v) is 9.31. The molecule has 0 aromatic carbocycles. The van der Waals surface area contributed by atoms with Crippen LogP contribution < -0.4 is 27.8 Å². The van der Waals surface area contributed by atoms with Gasteiger partial charge in [-0.15, -0.1) is 0 Å². The number of carboxylic acids is 2. The molecule has 0 radical (unpaired) electrons. The zero-order chi connectivity index (χ0) is 29.7. The first-order valence-electron chi connectivity index (χ1n) is 12.7. The molecule has 0 spiro atoms. The molecule has 2 fully saturated rings. The van der Waals surface area contributed by atoms with Crippen molar-refractivity contribution in [2.45, 2.75) is 76.5 Å². The third-order valence-corrected chi connectivity index (χ3v) is 6.08. The van der Waals surface area contributed by atoms with Crippen LogP contribution in [0.3, 0.4) is 0 Å². The van der Waals surface area contributed by atoms with Gasteiger partial charge in [-0.2, -0.15) is 0 Å². The Morgan fingerprint density at radius 2 is 1.51 bits per heavy atom. The van der Waals surface area contributed by atoms with Gasteiger partial charge in [0, 0.05) is 26.6 Å². The molecule has 39 heavy (non-hydrogen) atoms. The van der Waals surface area contributed by atoms with Gasteiger partial charge in [0.05, 0.1) is 12.6 Å². The lowest BCUT2D eigenvalue weighted by molar-refractivity contribution is -0.144. The van der Waals surface area contributed by atoms with E-state index in [1.54, 1.807) is 6.92 Å². The lowest BCUT2D eigenvalue weighted by atomic mass is 10.1. The van der Waals surface area contributed by atoms with E-state index in [2.05, 4.69) is 15.6 Å². The predicted molar refractivity (Wildman–Crippen MR) is 139 cm³/mol. The van der Waals surface area contributed by atoms with E-state index >= 15 is 0 Å². The first-order chi connectivity index (χ1) is 18.3. The first-order valence-corrected chi connectivity index (χ1v) is 12.7. The van der Waals surface area contributed by atoms with E-state index in [1.807, 2.05) is 0 Å². The highest BCUT2D eigenvalue weighted by Crippen LogP contribution is 2.20. The normalized spacial score (nSPS) is 19.7. The van der Waals surface area contributed by atoms with Gasteiger partial charge < -0.3 is 47.8 Å². The van der Waals surface area contributed by atoms with Gasteiger partial charge in [-0.25, -0.2) is 4.79 Å². The number of nitrogens with one attached hydrogen (secondary N) is 2. The molecule has 4 amide bonds. The van der Waals surface area contributed by atoms with E-state index in [1.165, 1.54) is 9.80 Å². The van der Waals surface area contributed by atoms with E-state index in [0.29, 0.717) is 45.2 Å². The van der Waals surface area contributed by atoms with Gasteiger partial charge in [0.2, 0.25) is 23.6 Å². The van der Waals surface area contributed by atoms with Crippen molar-refractivity contribution in [2.24, 2.45) is 22.2 Å². The van der Waals surface area contributed by atoms with Gasteiger partial charge in [0.25, 0.3) is 5.97 Å². The number of carbonyl (C=O) groups is 6. The van der Waals surface area contributed by atoms with Crippen molar-refractivity contribution >= 4 is 41.5 Å². The van der Waals surface area contributed by atoms with Crippen LogP contribution in [0.1, 0.15) is 52.4 Å². The molecule has 2 aliphatic rings. The van der Waals surface area contributed by atoms with Crippen LogP contribution in [0.2, 0.25) is 0 Å². The lowest BCUT2D eigenvalue weighted by Gasteiger charge is -2.27. The van der Waals surface area contributed by atoms with Crippen molar-refractivity contribution in [3.63, 3.8) is 0 Å². The van der Waals surface area contributed by atoms with Gasteiger partial charge in [0.1, 0.15) is 18.1 Å². The van der Waals surface area contributed by atoms with Gasteiger partial charge >= 0.3 is 5.97 Å². The van der Waals surface area contributed by atoms with Crippen LogP contribution in [0.4, 0.5) is 0 Å².